The van der Waals surface area contributed by atoms with Crippen molar-refractivity contribution in [2.45, 2.75) is 81.7 Å². The number of nitrogens with one attached hydrogen (secondary N) is 2. The Balaban J connectivity index is 2.04. The number of rotatable bonds is 8. The average molecular weight is 681 g/mol. The van der Waals surface area contributed by atoms with Crippen molar-refractivity contribution in [2.24, 2.45) is 5.73 Å². The molecule has 3 unspecified atom stereocenters. The van der Waals surface area contributed by atoms with Crippen molar-refractivity contribution in [1.29, 1.82) is 0 Å². The maximum absolute atomic E-state index is 13.9. The highest BCUT2D eigenvalue weighted by Crippen LogP contribution is 2.42. The Morgan fingerprint density at radius 3 is 2.22 bits per heavy atom. The van der Waals surface area contributed by atoms with Gasteiger partial charge in [-0.2, -0.15) is 40.2 Å². The first-order valence-electron chi connectivity index (χ1n) is 12.7. The molecule has 3 atom stereocenters. The normalized spacial score (nSPS) is 19.0. The SMILES string of the molecule is Cc1nn(C(F)F)cc1S(=O)(=O)N1c2cc(NC(=O)OC(C)(C)C(F)(F)F)ccc2OC(CNC(=O)C(C)(N)C(F)(F)F)C1C. The van der Waals surface area contributed by atoms with Crippen molar-refractivity contribution in [3.8, 4) is 5.75 Å². The van der Waals surface area contributed by atoms with Gasteiger partial charge >= 0.3 is 25.0 Å². The predicted molar refractivity (Wildman–Crippen MR) is 140 cm³/mol. The summed E-state index contributed by atoms with van der Waals surface area (Å²) < 4.78 is 145. The smallest absolute Gasteiger partial charge is 0.427 e. The molecular formula is C24H28F8N6O6S. The van der Waals surface area contributed by atoms with E-state index in [0.29, 0.717) is 31.3 Å². The molecule has 0 spiro atoms. The van der Waals surface area contributed by atoms with Gasteiger partial charge in [-0.05, 0) is 52.8 Å². The van der Waals surface area contributed by atoms with Crippen LogP contribution in [0.2, 0.25) is 0 Å². The molecule has 0 saturated carbocycles. The summed E-state index contributed by atoms with van der Waals surface area (Å²) in [6, 6.07) is 1.73. The van der Waals surface area contributed by atoms with Crippen LogP contribution in [-0.4, -0.2) is 72.4 Å². The summed E-state index contributed by atoms with van der Waals surface area (Å²) in [6.07, 6.45) is -12.5. The monoisotopic (exact) mass is 680 g/mol. The zero-order valence-electron chi connectivity index (χ0n) is 24.0. The van der Waals surface area contributed by atoms with Crippen LogP contribution in [-0.2, 0) is 19.6 Å². The lowest BCUT2D eigenvalue weighted by Crippen LogP contribution is -2.63. The summed E-state index contributed by atoms with van der Waals surface area (Å²) in [6.45, 7) is -0.0215. The third kappa shape index (κ3) is 7.02. The van der Waals surface area contributed by atoms with E-state index < -0.39 is 75.7 Å². The highest BCUT2D eigenvalue weighted by molar-refractivity contribution is 7.93. The van der Waals surface area contributed by atoms with Crippen molar-refractivity contribution >= 4 is 33.4 Å². The fourth-order valence-corrected chi connectivity index (χ4v) is 5.76. The molecule has 4 N–H and O–H groups in total. The lowest BCUT2D eigenvalue weighted by atomic mass is 10.0. The molecule has 252 valence electrons. The number of nitrogens with two attached hydrogens (primary N) is 1. The molecule has 0 saturated heterocycles. The molecule has 0 aliphatic carbocycles. The minimum atomic E-state index is -5.15. The van der Waals surface area contributed by atoms with Crippen molar-refractivity contribution in [2.75, 3.05) is 16.2 Å². The number of halogens is 8. The number of carbonyl (C=O) groups is 2. The molecule has 0 radical (unpaired) electrons. The second kappa shape index (κ2) is 11.8. The van der Waals surface area contributed by atoms with E-state index in [1.807, 2.05) is 10.6 Å². The van der Waals surface area contributed by atoms with E-state index in [4.69, 9.17) is 10.5 Å². The Hall–Kier alpha value is -3.88. The molecule has 1 aliphatic heterocycles. The molecule has 12 nitrogen and oxygen atoms in total. The number of sulfonamides is 1. The number of alkyl halides is 8. The average Bonchev–Trinajstić information content (AvgIpc) is 3.28. The van der Waals surface area contributed by atoms with Gasteiger partial charge in [-0.3, -0.25) is 14.4 Å². The first kappa shape index (κ1) is 35.6. The van der Waals surface area contributed by atoms with E-state index in [1.54, 1.807) is 0 Å². The number of fused-ring (bicyclic) bond motifs is 1. The van der Waals surface area contributed by atoms with Crippen molar-refractivity contribution in [1.82, 2.24) is 15.1 Å². The van der Waals surface area contributed by atoms with Gasteiger partial charge in [0.05, 0.1) is 30.2 Å². The largest absolute Gasteiger partial charge is 0.484 e. The van der Waals surface area contributed by atoms with Crippen LogP contribution in [0.3, 0.4) is 0 Å². The van der Waals surface area contributed by atoms with E-state index in [9.17, 15) is 53.1 Å². The number of aryl methyl sites for hydroxylation is 1. The van der Waals surface area contributed by atoms with Crippen molar-refractivity contribution in [3.05, 3.63) is 30.1 Å². The number of ether oxygens (including phenoxy) is 2. The number of amides is 2. The fourth-order valence-electron chi connectivity index (χ4n) is 3.92. The number of nitrogens with zero attached hydrogens (tertiary/aromatic N) is 3. The van der Waals surface area contributed by atoms with Crippen molar-refractivity contribution in [3.63, 3.8) is 0 Å². The molecule has 3 rings (SSSR count). The molecular weight excluding hydrogens is 652 g/mol. The second-order valence-electron chi connectivity index (χ2n) is 10.6. The van der Waals surface area contributed by atoms with Crippen LogP contribution in [0.1, 0.15) is 39.9 Å². The van der Waals surface area contributed by atoms with Gasteiger partial charge in [0, 0.05) is 5.69 Å². The summed E-state index contributed by atoms with van der Waals surface area (Å²) in [5.74, 6) is -1.95. The van der Waals surface area contributed by atoms with Gasteiger partial charge in [0.25, 0.3) is 10.0 Å². The third-order valence-electron chi connectivity index (χ3n) is 6.79. The molecule has 1 aromatic heterocycles. The van der Waals surface area contributed by atoms with Gasteiger partial charge in [0.1, 0.15) is 16.7 Å². The number of aromatic nitrogens is 2. The summed E-state index contributed by atoms with van der Waals surface area (Å²) in [5.41, 5.74) is -2.12. The van der Waals surface area contributed by atoms with Crippen LogP contribution in [0.5, 0.6) is 5.75 Å². The Kier molecular flexibility index (Phi) is 9.34. The first-order chi connectivity index (χ1) is 20.3. The van der Waals surface area contributed by atoms with Gasteiger partial charge in [-0.25, -0.2) is 17.9 Å². The van der Waals surface area contributed by atoms with E-state index in [2.05, 4.69) is 9.84 Å². The second-order valence-corrected chi connectivity index (χ2v) is 12.4. The van der Waals surface area contributed by atoms with Crippen LogP contribution in [0.15, 0.2) is 29.3 Å². The standard InChI is InChI=1S/C24H28F8N6O6S/c1-11-17(10-37(36-11)19(25)26)45(41,42)38-12(2)16(9-34-18(39)22(5,33)24(30,31)32)43-15-7-6-13(8-14(15)38)35-20(40)44-21(3,4)23(27,28)29/h6-8,10,12,16,19H,9,33H2,1-5H3,(H,34,39)(H,35,40). The number of benzene rings is 1. The number of carbonyl (C=O) groups excluding carboxylic acids is 2. The van der Waals surface area contributed by atoms with Crippen LogP contribution in [0.25, 0.3) is 0 Å². The molecule has 2 aromatic rings. The van der Waals surface area contributed by atoms with E-state index in [-0.39, 0.29) is 27.5 Å². The molecule has 1 aliphatic rings. The summed E-state index contributed by atoms with van der Waals surface area (Å²) in [4.78, 5) is 23.8. The number of hydrogen-bond donors (Lipinski definition) is 3. The van der Waals surface area contributed by atoms with Gasteiger partial charge < -0.3 is 20.5 Å². The first-order valence-corrected chi connectivity index (χ1v) is 14.1. The van der Waals surface area contributed by atoms with Crippen LogP contribution < -0.4 is 25.4 Å². The topological polar surface area (TPSA) is 158 Å². The van der Waals surface area contributed by atoms with Gasteiger partial charge in [0.15, 0.2) is 5.54 Å². The fraction of sp³-hybridized carbons (Fsp3) is 0.542. The zero-order chi connectivity index (χ0) is 34.5. The van der Waals surface area contributed by atoms with Gasteiger partial charge in [0.2, 0.25) is 11.5 Å². The Bertz CT molecular complexity index is 1560. The maximum atomic E-state index is 13.9. The van der Waals surface area contributed by atoms with E-state index >= 15 is 0 Å². The molecule has 1 aromatic carbocycles. The number of anilines is 2. The Labute approximate surface area is 250 Å². The molecule has 45 heavy (non-hydrogen) atoms. The molecule has 2 amide bonds. The van der Waals surface area contributed by atoms with Crippen LogP contribution >= 0.6 is 0 Å². The minimum absolute atomic E-state index is 0.0710. The van der Waals surface area contributed by atoms with E-state index in [1.165, 1.54) is 6.92 Å². The third-order valence-corrected chi connectivity index (χ3v) is 8.80. The van der Waals surface area contributed by atoms with Crippen LogP contribution in [0.4, 0.5) is 51.3 Å². The molecule has 0 bridgehead atoms. The minimum Gasteiger partial charge on any atom is -0.484 e. The lowest BCUT2D eigenvalue weighted by Gasteiger charge is -2.41. The Morgan fingerprint density at radius 2 is 1.71 bits per heavy atom. The summed E-state index contributed by atoms with van der Waals surface area (Å²) >= 11 is 0. The molecule has 2 heterocycles. The zero-order valence-corrected chi connectivity index (χ0v) is 24.9. The highest BCUT2D eigenvalue weighted by Gasteiger charge is 2.54. The molecule has 0 fully saturated rings. The lowest BCUT2D eigenvalue weighted by molar-refractivity contribution is -0.242. The maximum Gasteiger partial charge on any atom is 0.427 e. The predicted octanol–water partition coefficient (Wildman–Crippen LogP) is 4.22. The highest BCUT2D eigenvalue weighted by atomic mass is 32.2. The quantitative estimate of drug-likeness (QED) is 0.350. The summed E-state index contributed by atoms with van der Waals surface area (Å²) in [7, 11) is -4.86. The molecule has 21 heteroatoms. The van der Waals surface area contributed by atoms with Crippen LogP contribution in [0, 0.1) is 6.92 Å². The van der Waals surface area contributed by atoms with E-state index in [0.717, 1.165) is 25.1 Å². The summed E-state index contributed by atoms with van der Waals surface area (Å²) in [5, 5.41) is 7.47. The van der Waals surface area contributed by atoms with Gasteiger partial charge in [-0.15, -0.1) is 0 Å². The number of hydrogen-bond acceptors (Lipinski definition) is 8. The Morgan fingerprint density at radius 1 is 1.11 bits per heavy atom. The van der Waals surface area contributed by atoms with Gasteiger partial charge in [-0.1, -0.05) is 0 Å². The van der Waals surface area contributed by atoms with Crippen molar-refractivity contribution < 1.29 is 62.6 Å².